The van der Waals surface area contributed by atoms with Crippen molar-refractivity contribution >= 4 is 0 Å². The standard InChI is InChI=1S/C11H10N6.C11H9N3/c1-2-4-9(5-3-1)17-7-6-12-11(17)8-10-13-15-16-14-10;12-7-6-11-13-8-9-14(11)10-4-2-1-3-5-10/h1-7H,8H2,(H,13,14,15,16);1-5,8-9H,6H2. The fourth-order valence-corrected chi connectivity index (χ4v) is 3.05. The highest BCUT2D eigenvalue weighted by atomic mass is 15.5. The van der Waals surface area contributed by atoms with Crippen LogP contribution in [0.1, 0.15) is 17.5 Å². The summed E-state index contributed by atoms with van der Waals surface area (Å²) in [5.74, 6) is 2.30. The van der Waals surface area contributed by atoms with E-state index in [1.807, 2.05) is 82.2 Å². The molecule has 1 N–H and O–H groups in total. The number of benzene rings is 2. The summed E-state index contributed by atoms with van der Waals surface area (Å²) in [4.78, 5) is 8.43. The van der Waals surface area contributed by atoms with Gasteiger partial charge in [0.05, 0.1) is 18.9 Å². The van der Waals surface area contributed by atoms with Crippen LogP contribution < -0.4 is 0 Å². The number of tetrazole rings is 1. The Hall–Kier alpha value is -4.58. The highest BCUT2D eigenvalue weighted by Gasteiger charge is 2.08. The van der Waals surface area contributed by atoms with Crippen molar-refractivity contribution in [3.63, 3.8) is 0 Å². The molecule has 0 unspecified atom stereocenters. The van der Waals surface area contributed by atoms with Crippen LogP contribution in [0.15, 0.2) is 85.5 Å². The zero-order chi connectivity index (χ0) is 21.3. The normalized spacial score (nSPS) is 10.2. The van der Waals surface area contributed by atoms with Crippen LogP contribution >= 0.6 is 0 Å². The molecule has 31 heavy (non-hydrogen) atoms. The van der Waals surface area contributed by atoms with E-state index in [1.54, 1.807) is 12.4 Å². The average molecular weight is 409 g/mol. The number of nitrogens with zero attached hydrogens (tertiary/aromatic N) is 8. The summed E-state index contributed by atoms with van der Waals surface area (Å²) in [6, 6.07) is 22.0. The Morgan fingerprint density at radius 1 is 0.806 bits per heavy atom. The molecule has 0 saturated heterocycles. The van der Waals surface area contributed by atoms with E-state index in [2.05, 4.69) is 36.7 Å². The number of imidazole rings is 2. The van der Waals surface area contributed by atoms with Gasteiger partial charge in [0.2, 0.25) is 0 Å². The van der Waals surface area contributed by atoms with Gasteiger partial charge in [0.1, 0.15) is 11.6 Å². The van der Waals surface area contributed by atoms with Crippen molar-refractivity contribution in [1.29, 1.82) is 5.26 Å². The van der Waals surface area contributed by atoms with Gasteiger partial charge in [-0.3, -0.25) is 0 Å². The topological polar surface area (TPSA) is 114 Å². The number of para-hydroxylation sites is 2. The van der Waals surface area contributed by atoms with E-state index in [9.17, 15) is 0 Å². The molecule has 9 nitrogen and oxygen atoms in total. The van der Waals surface area contributed by atoms with Crippen molar-refractivity contribution in [3.8, 4) is 17.4 Å². The van der Waals surface area contributed by atoms with Crippen LogP contribution in [-0.2, 0) is 12.8 Å². The highest BCUT2D eigenvalue weighted by molar-refractivity contribution is 5.34. The van der Waals surface area contributed by atoms with Gasteiger partial charge in [-0.2, -0.15) is 10.5 Å². The average Bonchev–Trinajstić information content (AvgIpc) is 3.59. The Balaban J connectivity index is 0.000000152. The minimum absolute atomic E-state index is 0.335. The molecule has 2 aromatic carbocycles. The lowest BCUT2D eigenvalue weighted by Crippen LogP contribution is -2.02. The molecule has 0 fully saturated rings. The van der Waals surface area contributed by atoms with E-state index >= 15 is 0 Å². The van der Waals surface area contributed by atoms with Crippen LogP contribution in [0.5, 0.6) is 0 Å². The molecule has 0 aliphatic carbocycles. The molecule has 0 saturated carbocycles. The second kappa shape index (κ2) is 9.76. The molecule has 0 amide bonds. The van der Waals surface area contributed by atoms with E-state index in [4.69, 9.17) is 5.26 Å². The number of H-pyrrole nitrogens is 1. The SMILES string of the molecule is N#CCc1nccn1-c1ccccc1.c1ccc(-n2ccnc2Cc2nn[nH]n2)cc1. The molecular formula is C22H19N9. The van der Waals surface area contributed by atoms with E-state index < -0.39 is 0 Å². The molecule has 0 radical (unpaired) electrons. The van der Waals surface area contributed by atoms with Crippen LogP contribution in [0.2, 0.25) is 0 Å². The number of aromatic amines is 1. The van der Waals surface area contributed by atoms with Gasteiger partial charge in [-0.05, 0) is 24.3 Å². The fraction of sp³-hybridized carbons (Fsp3) is 0.0909. The molecule has 3 aromatic heterocycles. The molecule has 3 heterocycles. The molecule has 5 aromatic rings. The summed E-state index contributed by atoms with van der Waals surface area (Å²) < 4.78 is 3.93. The molecule has 0 spiro atoms. The maximum atomic E-state index is 8.61. The van der Waals surface area contributed by atoms with Crippen molar-refractivity contribution in [2.45, 2.75) is 12.8 Å². The van der Waals surface area contributed by atoms with Crippen LogP contribution in [0.25, 0.3) is 11.4 Å². The largest absolute Gasteiger partial charge is 0.303 e. The molecule has 0 aliphatic rings. The van der Waals surface area contributed by atoms with Gasteiger partial charge in [-0.15, -0.1) is 10.2 Å². The predicted molar refractivity (Wildman–Crippen MR) is 113 cm³/mol. The number of nitriles is 1. The zero-order valence-electron chi connectivity index (χ0n) is 16.6. The van der Waals surface area contributed by atoms with Crippen molar-refractivity contribution in [2.24, 2.45) is 0 Å². The Morgan fingerprint density at radius 2 is 1.39 bits per heavy atom. The Kier molecular flexibility index (Phi) is 6.21. The highest BCUT2D eigenvalue weighted by Crippen LogP contribution is 2.12. The molecule has 0 atom stereocenters. The number of aromatic nitrogens is 8. The first-order valence-electron chi connectivity index (χ1n) is 9.59. The zero-order valence-corrected chi connectivity index (χ0v) is 16.6. The number of hydrogen-bond donors (Lipinski definition) is 1. The monoisotopic (exact) mass is 409 g/mol. The first-order valence-corrected chi connectivity index (χ1v) is 9.59. The van der Waals surface area contributed by atoms with Crippen molar-refractivity contribution in [1.82, 2.24) is 39.7 Å². The summed E-state index contributed by atoms with van der Waals surface area (Å²) >= 11 is 0. The minimum atomic E-state index is 0.335. The van der Waals surface area contributed by atoms with Gasteiger partial charge < -0.3 is 9.13 Å². The molecule has 9 heteroatoms. The molecule has 0 aliphatic heterocycles. The summed E-state index contributed by atoms with van der Waals surface area (Å²) in [6.07, 6.45) is 8.15. The Labute approximate surface area is 178 Å². The van der Waals surface area contributed by atoms with E-state index in [0.29, 0.717) is 18.7 Å². The lowest BCUT2D eigenvalue weighted by molar-refractivity contribution is 0.862. The van der Waals surface area contributed by atoms with Crippen molar-refractivity contribution in [2.75, 3.05) is 0 Å². The summed E-state index contributed by atoms with van der Waals surface area (Å²) in [6.45, 7) is 0. The lowest BCUT2D eigenvalue weighted by atomic mass is 10.3. The van der Waals surface area contributed by atoms with Crippen LogP contribution in [0.4, 0.5) is 0 Å². The Morgan fingerprint density at radius 3 is 1.94 bits per heavy atom. The lowest BCUT2D eigenvalue weighted by Gasteiger charge is -2.05. The quantitative estimate of drug-likeness (QED) is 0.477. The predicted octanol–water partition coefficient (Wildman–Crippen LogP) is 2.91. The smallest absolute Gasteiger partial charge is 0.182 e. The van der Waals surface area contributed by atoms with Gasteiger partial charge >= 0.3 is 0 Å². The summed E-state index contributed by atoms with van der Waals surface area (Å²) in [5.41, 5.74) is 2.11. The number of nitrogens with one attached hydrogen (secondary N) is 1. The Bertz CT molecular complexity index is 1230. The molecule has 0 bridgehead atoms. The van der Waals surface area contributed by atoms with Crippen LogP contribution in [0, 0.1) is 11.3 Å². The molecule has 5 rings (SSSR count). The van der Waals surface area contributed by atoms with Crippen LogP contribution in [-0.4, -0.2) is 39.7 Å². The van der Waals surface area contributed by atoms with Crippen molar-refractivity contribution in [3.05, 3.63) is 103 Å². The van der Waals surface area contributed by atoms with E-state index in [-0.39, 0.29) is 0 Å². The third kappa shape index (κ3) is 4.89. The van der Waals surface area contributed by atoms with Crippen LogP contribution in [0.3, 0.4) is 0 Å². The summed E-state index contributed by atoms with van der Waals surface area (Å²) in [7, 11) is 0. The maximum Gasteiger partial charge on any atom is 0.182 e. The maximum absolute atomic E-state index is 8.61. The fourth-order valence-electron chi connectivity index (χ4n) is 3.05. The summed E-state index contributed by atoms with van der Waals surface area (Å²) in [5, 5.41) is 22.4. The van der Waals surface area contributed by atoms with Gasteiger partial charge in [0.15, 0.2) is 5.82 Å². The van der Waals surface area contributed by atoms with E-state index in [0.717, 1.165) is 23.0 Å². The van der Waals surface area contributed by atoms with Gasteiger partial charge in [0, 0.05) is 36.2 Å². The van der Waals surface area contributed by atoms with Crippen molar-refractivity contribution < 1.29 is 0 Å². The first kappa shape index (κ1) is 19.7. The second-order valence-electron chi connectivity index (χ2n) is 6.44. The second-order valence-corrected chi connectivity index (χ2v) is 6.44. The molecule has 152 valence electrons. The third-order valence-electron chi connectivity index (χ3n) is 4.45. The van der Waals surface area contributed by atoms with E-state index in [1.165, 1.54) is 0 Å². The van der Waals surface area contributed by atoms with Gasteiger partial charge in [0.25, 0.3) is 0 Å². The minimum Gasteiger partial charge on any atom is -0.303 e. The molecular weight excluding hydrogens is 390 g/mol. The number of rotatable bonds is 5. The van der Waals surface area contributed by atoms with Gasteiger partial charge in [-0.25, -0.2) is 9.97 Å². The van der Waals surface area contributed by atoms with Gasteiger partial charge in [-0.1, -0.05) is 41.6 Å². The third-order valence-corrected chi connectivity index (χ3v) is 4.45. The number of hydrogen-bond acceptors (Lipinski definition) is 6. The first-order chi connectivity index (χ1) is 15.3.